The highest BCUT2D eigenvalue weighted by Crippen LogP contribution is 2.19. The van der Waals surface area contributed by atoms with E-state index in [2.05, 4.69) is 55.2 Å². The van der Waals surface area contributed by atoms with Gasteiger partial charge in [0.05, 0.1) is 0 Å². The third-order valence-electron chi connectivity index (χ3n) is 6.97. The summed E-state index contributed by atoms with van der Waals surface area (Å²) in [5.41, 5.74) is 6.35. The number of nitrogens with zero attached hydrogens (tertiary/aromatic N) is 2. The Balaban J connectivity index is 1.53. The minimum absolute atomic E-state index is 0.0474. The van der Waals surface area contributed by atoms with Gasteiger partial charge in [0.2, 0.25) is 5.91 Å². The van der Waals surface area contributed by atoms with Crippen molar-refractivity contribution in [2.45, 2.75) is 53.1 Å². The van der Waals surface area contributed by atoms with Crippen LogP contribution >= 0.6 is 0 Å². The fourth-order valence-electron chi connectivity index (χ4n) is 4.58. The van der Waals surface area contributed by atoms with Crippen molar-refractivity contribution in [2.24, 2.45) is 0 Å². The lowest BCUT2D eigenvalue weighted by Gasteiger charge is -2.30. The van der Waals surface area contributed by atoms with Crippen molar-refractivity contribution in [2.75, 3.05) is 13.1 Å². The molecule has 0 radical (unpaired) electrons. The SMILES string of the molecule is CCc1ccc(C(=O)N(CC(=O)N(CCc2c[nH]c3ccccc23)Cc2ccc(C)cc2)C(C)C)cc1. The van der Waals surface area contributed by atoms with Crippen molar-refractivity contribution in [3.63, 3.8) is 0 Å². The number of hydrogen-bond acceptors (Lipinski definition) is 2. The van der Waals surface area contributed by atoms with Crippen LogP contribution in [0.4, 0.5) is 0 Å². The summed E-state index contributed by atoms with van der Waals surface area (Å²) in [6.07, 6.45) is 3.68. The molecule has 1 heterocycles. The quantitative estimate of drug-likeness (QED) is 0.286. The molecular formula is C32H37N3O2. The molecular weight excluding hydrogens is 458 g/mol. The second-order valence-electron chi connectivity index (χ2n) is 9.99. The van der Waals surface area contributed by atoms with E-state index in [1.807, 2.05) is 61.3 Å². The number of benzene rings is 3. The standard InChI is InChI=1S/C32H37N3O2/c1-5-25-14-16-27(17-15-25)32(37)35(23(2)3)22-31(36)34(21-26-12-10-24(4)11-13-26)19-18-28-20-33-30-9-7-6-8-29(28)30/h6-17,20,23,33H,5,18-19,21-22H2,1-4H3. The Kier molecular flexibility index (Phi) is 8.44. The Labute approximate surface area is 220 Å². The Morgan fingerprint density at radius 1 is 0.892 bits per heavy atom. The molecule has 0 aliphatic rings. The number of hydrogen-bond donors (Lipinski definition) is 1. The van der Waals surface area contributed by atoms with Gasteiger partial charge >= 0.3 is 0 Å². The van der Waals surface area contributed by atoms with E-state index in [0.29, 0.717) is 18.7 Å². The van der Waals surface area contributed by atoms with Crippen LogP contribution in [0.2, 0.25) is 0 Å². The number of nitrogens with one attached hydrogen (secondary N) is 1. The highest BCUT2D eigenvalue weighted by molar-refractivity contribution is 5.96. The zero-order chi connectivity index (χ0) is 26.4. The predicted octanol–water partition coefficient (Wildman–Crippen LogP) is 6.16. The van der Waals surface area contributed by atoms with Gasteiger partial charge in [-0.25, -0.2) is 0 Å². The lowest BCUT2D eigenvalue weighted by molar-refractivity contribution is -0.132. The molecule has 0 atom stereocenters. The maximum Gasteiger partial charge on any atom is 0.254 e. The smallest absolute Gasteiger partial charge is 0.254 e. The fourth-order valence-corrected chi connectivity index (χ4v) is 4.58. The number of H-pyrrole nitrogens is 1. The van der Waals surface area contributed by atoms with Crippen LogP contribution in [0.5, 0.6) is 0 Å². The number of aryl methyl sites for hydroxylation is 2. The summed E-state index contributed by atoms with van der Waals surface area (Å²) >= 11 is 0. The number of carbonyl (C=O) groups excluding carboxylic acids is 2. The van der Waals surface area contributed by atoms with E-state index in [1.165, 1.54) is 22.1 Å². The molecule has 37 heavy (non-hydrogen) atoms. The third-order valence-corrected chi connectivity index (χ3v) is 6.97. The third kappa shape index (κ3) is 6.48. The molecule has 0 bridgehead atoms. The highest BCUT2D eigenvalue weighted by atomic mass is 16.2. The van der Waals surface area contributed by atoms with E-state index < -0.39 is 0 Å². The number of para-hydroxylation sites is 1. The topological polar surface area (TPSA) is 56.4 Å². The minimum atomic E-state index is -0.113. The molecule has 0 fully saturated rings. The summed E-state index contributed by atoms with van der Waals surface area (Å²) in [7, 11) is 0. The zero-order valence-electron chi connectivity index (χ0n) is 22.3. The first-order valence-electron chi connectivity index (χ1n) is 13.1. The summed E-state index contributed by atoms with van der Waals surface area (Å²) in [6, 6.07) is 24.1. The zero-order valence-corrected chi connectivity index (χ0v) is 22.3. The van der Waals surface area contributed by atoms with Gasteiger partial charge in [-0.1, -0.05) is 67.1 Å². The van der Waals surface area contributed by atoms with Crippen LogP contribution in [-0.4, -0.2) is 45.7 Å². The second kappa shape index (κ2) is 11.9. The molecule has 2 amide bonds. The number of amides is 2. The first-order chi connectivity index (χ1) is 17.9. The lowest BCUT2D eigenvalue weighted by Crippen LogP contribution is -2.46. The number of aromatic nitrogens is 1. The predicted molar refractivity (Wildman–Crippen MR) is 151 cm³/mol. The summed E-state index contributed by atoms with van der Waals surface area (Å²) < 4.78 is 0. The van der Waals surface area contributed by atoms with Crippen molar-refractivity contribution in [1.82, 2.24) is 14.8 Å². The van der Waals surface area contributed by atoms with Crippen LogP contribution < -0.4 is 0 Å². The maximum atomic E-state index is 13.7. The van der Waals surface area contributed by atoms with Gasteiger partial charge in [-0.2, -0.15) is 0 Å². The van der Waals surface area contributed by atoms with Gasteiger partial charge in [-0.15, -0.1) is 0 Å². The Morgan fingerprint density at radius 2 is 1.57 bits per heavy atom. The first-order valence-corrected chi connectivity index (χ1v) is 13.1. The molecule has 0 saturated heterocycles. The van der Waals surface area contributed by atoms with Crippen molar-refractivity contribution >= 4 is 22.7 Å². The summed E-state index contributed by atoms with van der Waals surface area (Å²) in [4.78, 5) is 34.0. The molecule has 192 valence electrons. The van der Waals surface area contributed by atoms with Gasteiger partial charge in [-0.3, -0.25) is 9.59 Å². The van der Waals surface area contributed by atoms with Gasteiger partial charge in [0.1, 0.15) is 6.54 Å². The molecule has 0 saturated carbocycles. The largest absolute Gasteiger partial charge is 0.361 e. The van der Waals surface area contributed by atoms with Gasteiger partial charge in [0.25, 0.3) is 5.91 Å². The van der Waals surface area contributed by atoms with Crippen LogP contribution in [0, 0.1) is 6.92 Å². The van der Waals surface area contributed by atoms with E-state index in [4.69, 9.17) is 0 Å². The van der Waals surface area contributed by atoms with Crippen LogP contribution in [-0.2, 0) is 24.2 Å². The van der Waals surface area contributed by atoms with E-state index in [-0.39, 0.29) is 24.4 Å². The highest BCUT2D eigenvalue weighted by Gasteiger charge is 2.25. The summed E-state index contributed by atoms with van der Waals surface area (Å²) in [6.45, 7) is 9.19. The van der Waals surface area contributed by atoms with Crippen LogP contribution in [0.3, 0.4) is 0 Å². The molecule has 3 aromatic carbocycles. The molecule has 1 N–H and O–H groups in total. The number of carbonyl (C=O) groups is 2. The fraction of sp³-hybridized carbons (Fsp3) is 0.312. The Bertz CT molecular complexity index is 1340. The van der Waals surface area contributed by atoms with E-state index in [0.717, 1.165) is 23.9 Å². The van der Waals surface area contributed by atoms with Gasteiger partial charge < -0.3 is 14.8 Å². The van der Waals surface area contributed by atoms with E-state index >= 15 is 0 Å². The number of fused-ring (bicyclic) bond motifs is 1. The van der Waals surface area contributed by atoms with Crippen LogP contribution in [0.1, 0.15) is 53.4 Å². The van der Waals surface area contributed by atoms with E-state index in [1.54, 1.807) is 4.90 Å². The average molecular weight is 496 g/mol. The molecule has 4 aromatic rings. The summed E-state index contributed by atoms with van der Waals surface area (Å²) in [5.74, 6) is -0.162. The summed E-state index contributed by atoms with van der Waals surface area (Å²) in [5, 5.41) is 1.18. The van der Waals surface area contributed by atoms with Gasteiger partial charge in [0.15, 0.2) is 0 Å². The Hall–Kier alpha value is -3.86. The Morgan fingerprint density at radius 3 is 2.24 bits per heavy atom. The average Bonchev–Trinajstić information content (AvgIpc) is 3.33. The van der Waals surface area contributed by atoms with Gasteiger partial charge in [0, 0.05) is 41.8 Å². The molecule has 5 heteroatoms. The van der Waals surface area contributed by atoms with Crippen LogP contribution in [0.15, 0.2) is 79.0 Å². The van der Waals surface area contributed by atoms with Crippen molar-refractivity contribution in [3.8, 4) is 0 Å². The normalized spacial score (nSPS) is 11.2. The molecule has 0 aliphatic carbocycles. The minimum Gasteiger partial charge on any atom is -0.361 e. The number of aromatic amines is 1. The molecule has 5 nitrogen and oxygen atoms in total. The lowest BCUT2D eigenvalue weighted by atomic mass is 10.1. The second-order valence-corrected chi connectivity index (χ2v) is 9.99. The molecule has 0 aliphatic heterocycles. The molecule has 1 aromatic heterocycles. The molecule has 0 spiro atoms. The first kappa shape index (κ1) is 26.2. The molecule has 4 rings (SSSR count). The molecule has 0 unspecified atom stereocenters. The monoisotopic (exact) mass is 495 g/mol. The van der Waals surface area contributed by atoms with Crippen molar-refractivity contribution in [1.29, 1.82) is 0 Å². The number of rotatable bonds is 10. The van der Waals surface area contributed by atoms with Gasteiger partial charge in [-0.05, 0) is 68.5 Å². The maximum absolute atomic E-state index is 13.7. The van der Waals surface area contributed by atoms with Crippen LogP contribution in [0.25, 0.3) is 10.9 Å². The van der Waals surface area contributed by atoms with Crippen molar-refractivity contribution < 1.29 is 9.59 Å². The van der Waals surface area contributed by atoms with E-state index in [9.17, 15) is 9.59 Å². The van der Waals surface area contributed by atoms with Crippen molar-refractivity contribution in [3.05, 3.63) is 107 Å².